The molecule has 1 aliphatic heterocycles. The summed E-state index contributed by atoms with van der Waals surface area (Å²) in [7, 11) is 0. The maximum atomic E-state index is 11.9. The van der Waals surface area contributed by atoms with Crippen molar-refractivity contribution in [2.45, 2.75) is 38.6 Å². The summed E-state index contributed by atoms with van der Waals surface area (Å²) >= 11 is 0. The van der Waals surface area contributed by atoms with Crippen LogP contribution >= 0.6 is 0 Å². The van der Waals surface area contributed by atoms with E-state index in [1.807, 2.05) is 30.3 Å². The minimum Gasteiger partial charge on any atom is -0.406 e. The minimum absolute atomic E-state index is 0.214. The van der Waals surface area contributed by atoms with Crippen molar-refractivity contribution in [3.8, 4) is 0 Å². The highest BCUT2D eigenvalue weighted by atomic mass is 16.6. The quantitative estimate of drug-likeness (QED) is 0.611. The topological polar surface area (TPSA) is 38.7 Å². The van der Waals surface area contributed by atoms with Crippen molar-refractivity contribution in [3.05, 3.63) is 48.0 Å². The second-order valence-electron chi connectivity index (χ2n) is 5.43. The Morgan fingerprint density at radius 3 is 2.71 bits per heavy atom. The monoisotopic (exact) mass is 281 g/mol. The lowest BCUT2D eigenvalue weighted by Crippen LogP contribution is -2.14. The molecule has 2 aromatic carbocycles. The molecule has 0 amide bonds. The molecule has 0 bridgehead atoms. The number of carbonyl (C=O) groups excluding carboxylic acids is 1. The molecule has 1 atom stereocenters. The molecule has 0 N–H and O–H groups in total. The molecule has 3 nitrogen and oxygen atoms in total. The van der Waals surface area contributed by atoms with Gasteiger partial charge in [0.05, 0.1) is 0 Å². The average molecular weight is 281 g/mol. The number of ether oxygens (including phenoxy) is 1. The number of benzene rings is 2. The van der Waals surface area contributed by atoms with Crippen LogP contribution in [0, 0.1) is 0 Å². The fraction of sp³-hybridized carbons (Fsp3) is 0.333. The summed E-state index contributed by atoms with van der Waals surface area (Å²) < 4.78 is 5.35. The summed E-state index contributed by atoms with van der Waals surface area (Å²) in [5.41, 5.74) is 0.875. The van der Waals surface area contributed by atoms with E-state index >= 15 is 0 Å². The molecule has 0 saturated heterocycles. The third-order valence-electron chi connectivity index (χ3n) is 3.82. The number of nitrogens with zero attached hydrogens (tertiary/aromatic N) is 1. The molecule has 3 rings (SSSR count). The molecule has 1 unspecified atom stereocenters. The number of rotatable bonds is 5. The Morgan fingerprint density at radius 1 is 1.10 bits per heavy atom. The fourth-order valence-electron chi connectivity index (χ4n) is 2.61. The smallest absolute Gasteiger partial charge is 0.337 e. The lowest BCUT2D eigenvalue weighted by atomic mass is 10.1. The summed E-state index contributed by atoms with van der Waals surface area (Å²) in [5, 5.41) is 2.30. The van der Waals surface area contributed by atoms with Crippen molar-refractivity contribution in [2.75, 3.05) is 0 Å². The molecule has 0 aromatic heterocycles. The van der Waals surface area contributed by atoms with Crippen molar-refractivity contribution in [2.24, 2.45) is 4.99 Å². The molecule has 0 aliphatic carbocycles. The largest absolute Gasteiger partial charge is 0.406 e. The highest BCUT2D eigenvalue weighted by molar-refractivity contribution is 6.07. The van der Waals surface area contributed by atoms with Crippen LogP contribution in [0.2, 0.25) is 0 Å². The fourth-order valence-corrected chi connectivity index (χ4v) is 2.61. The maximum Gasteiger partial charge on any atom is 0.337 e. The van der Waals surface area contributed by atoms with Crippen molar-refractivity contribution in [3.63, 3.8) is 0 Å². The van der Waals surface area contributed by atoms with E-state index in [2.05, 4.69) is 24.0 Å². The number of hydrogen-bond donors (Lipinski definition) is 0. The number of carbonyl (C=O) groups is 1. The van der Waals surface area contributed by atoms with E-state index in [0.29, 0.717) is 5.90 Å². The molecule has 1 aliphatic rings. The van der Waals surface area contributed by atoms with Crippen LogP contribution in [-0.2, 0) is 9.53 Å². The average Bonchev–Trinajstić information content (AvgIpc) is 2.88. The van der Waals surface area contributed by atoms with E-state index in [9.17, 15) is 4.79 Å². The van der Waals surface area contributed by atoms with Gasteiger partial charge < -0.3 is 4.74 Å². The van der Waals surface area contributed by atoms with Crippen LogP contribution in [0.15, 0.2) is 47.5 Å². The Morgan fingerprint density at radius 2 is 1.90 bits per heavy atom. The first-order valence-corrected chi connectivity index (χ1v) is 7.56. The Balaban J connectivity index is 1.81. The van der Waals surface area contributed by atoms with Gasteiger partial charge in [0.15, 0.2) is 6.04 Å². The van der Waals surface area contributed by atoms with Gasteiger partial charge in [0.25, 0.3) is 0 Å². The predicted molar refractivity (Wildman–Crippen MR) is 84.5 cm³/mol. The highest BCUT2D eigenvalue weighted by Crippen LogP contribution is 2.21. The predicted octanol–water partition coefficient (Wildman–Crippen LogP) is 4.09. The van der Waals surface area contributed by atoms with Gasteiger partial charge in [-0.05, 0) is 29.3 Å². The first-order valence-electron chi connectivity index (χ1n) is 7.56. The molecule has 0 spiro atoms. The van der Waals surface area contributed by atoms with Crippen molar-refractivity contribution in [1.82, 2.24) is 0 Å². The number of fused-ring (bicyclic) bond motifs is 1. The molecular formula is C18H19NO2. The number of hydrogen-bond acceptors (Lipinski definition) is 3. The van der Waals surface area contributed by atoms with Crippen LogP contribution in [0.1, 0.15) is 38.2 Å². The highest BCUT2D eigenvalue weighted by Gasteiger charge is 2.29. The zero-order valence-electron chi connectivity index (χ0n) is 12.2. The van der Waals surface area contributed by atoms with Gasteiger partial charge in [0.1, 0.15) is 0 Å². The van der Waals surface area contributed by atoms with Gasteiger partial charge in [0, 0.05) is 5.56 Å². The third-order valence-corrected chi connectivity index (χ3v) is 3.82. The van der Waals surface area contributed by atoms with E-state index < -0.39 is 0 Å². The molecule has 2 aromatic rings. The van der Waals surface area contributed by atoms with Gasteiger partial charge in [-0.15, -0.1) is 0 Å². The Labute approximate surface area is 124 Å². The summed E-state index contributed by atoms with van der Waals surface area (Å²) in [6.45, 7) is 2.15. The maximum absolute atomic E-state index is 11.9. The Hall–Kier alpha value is -2.16. The standard InChI is InChI=1S/C18H19NO2/c1-2-3-4-9-16-18(20)21-17(19-16)15-11-10-13-7-5-6-8-14(13)12-15/h5-8,10-12,16H,2-4,9H2,1H3. The van der Waals surface area contributed by atoms with Gasteiger partial charge in [-0.1, -0.05) is 56.5 Å². The van der Waals surface area contributed by atoms with E-state index in [4.69, 9.17) is 4.74 Å². The summed E-state index contributed by atoms with van der Waals surface area (Å²) in [5.74, 6) is 0.251. The van der Waals surface area contributed by atoms with Crippen LogP contribution in [0.3, 0.4) is 0 Å². The zero-order chi connectivity index (χ0) is 14.7. The van der Waals surface area contributed by atoms with Crippen LogP contribution in [0.4, 0.5) is 0 Å². The first-order chi connectivity index (χ1) is 10.3. The molecule has 3 heteroatoms. The van der Waals surface area contributed by atoms with Crippen LogP contribution < -0.4 is 0 Å². The van der Waals surface area contributed by atoms with E-state index in [1.165, 1.54) is 5.39 Å². The van der Waals surface area contributed by atoms with Crippen molar-refractivity contribution < 1.29 is 9.53 Å². The van der Waals surface area contributed by atoms with Gasteiger partial charge in [0.2, 0.25) is 5.90 Å². The van der Waals surface area contributed by atoms with Crippen LogP contribution in [-0.4, -0.2) is 17.9 Å². The molecular weight excluding hydrogens is 262 g/mol. The second-order valence-corrected chi connectivity index (χ2v) is 5.43. The minimum atomic E-state index is -0.321. The summed E-state index contributed by atoms with van der Waals surface area (Å²) in [4.78, 5) is 16.3. The first kappa shape index (κ1) is 13.8. The second kappa shape index (κ2) is 6.08. The lowest BCUT2D eigenvalue weighted by Gasteiger charge is -2.02. The van der Waals surface area contributed by atoms with Gasteiger partial charge in [-0.3, -0.25) is 0 Å². The van der Waals surface area contributed by atoms with Crippen LogP contribution in [0.5, 0.6) is 0 Å². The number of aliphatic imine (C=N–C) groups is 1. The van der Waals surface area contributed by atoms with E-state index in [0.717, 1.165) is 36.6 Å². The van der Waals surface area contributed by atoms with Crippen molar-refractivity contribution in [1.29, 1.82) is 0 Å². The number of cyclic esters (lactones) is 1. The number of unbranched alkanes of at least 4 members (excludes halogenated alkanes) is 2. The third kappa shape index (κ3) is 2.97. The zero-order valence-corrected chi connectivity index (χ0v) is 12.2. The molecule has 108 valence electrons. The normalized spacial score (nSPS) is 17.9. The molecule has 0 saturated carbocycles. The molecule has 0 radical (unpaired) electrons. The molecule has 21 heavy (non-hydrogen) atoms. The van der Waals surface area contributed by atoms with Gasteiger partial charge >= 0.3 is 5.97 Å². The van der Waals surface area contributed by atoms with E-state index in [-0.39, 0.29) is 12.0 Å². The Kier molecular flexibility index (Phi) is 4.00. The molecule has 0 fully saturated rings. The summed E-state index contributed by atoms with van der Waals surface area (Å²) in [6, 6.07) is 13.8. The Bertz CT molecular complexity index is 690. The van der Waals surface area contributed by atoms with E-state index in [1.54, 1.807) is 0 Å². The van der Waals surface area contributed by atoms with Crippen molar-refractivity contribution >= 4 is 22.6 Å². The van der Waals surface area contributed by atoms with Gasteiger partial charge in [-0.25, -0.2) is 9.79 Å². The molecule has 1 heterocycles. The number of esters is 1. The lowest BCUT2D eigenvalue weighted by molar-refractivity contribution is -0.135. The summed E-state index contributed by atoms with van der Waals surface area (Å²) in [6.07, 6.45) is 4.07. The SMILES string of the molecule is CCCCCC1N=C(c2ccc3ccccc3c2)OC1=O. The van der Waals surface area contributed by atoms with Crippen LogP contribution in [0.25, 0.3) is 10.8 Å². The van der Waals surface area contributed by atoms with Gasteiger partial charge in [-0.2, -0.15) is 0 Å².